The third kappa shape index (κ3) is 4.78. The van der Waals surface area contributed by atoms with Gasteiger partial charge in [0.2, 0.25) is 0 Å². The first-order valence-electron chi connectivity index (χ1n) is 10.4. The molecule has 4 rings (SSSR count). The summed E-state index contributed by atoms with van der Waals surface area (Å²) in [5.74, 6) is 0. The number of hydrogen-bond donors (Lipinski definition) is 0. The number of hydrogen-bond acceptors (Lipinski definition) is 4. The molecule has 0 aliphatic carbocycles. The van der Waals surface area contributed by atoms with Crippen LogP contribution in [0.4, 0.5) is 0 Å². The van der Waals surface area contributed by atoms with Crippen LogP contribution < -0.4 is 0 Å². The fourth-order valence-electron chi connectivity index (χ4n) is 4.53. The van der Waals surface area contributed by atoms with Crippen molar-refractivity contribution in [3.05, 3.63) is 53.3 Å². The molecule has 146 valence electrons. The van der Waals surface area contributed by atoms with Crippen LogP contribution in [0.25, 0.3) is 0 Å². The zero-order chi connectivity index (χ0) is 18.6. The second kappa shape index (κ2) is 8.55. The van der Waals surface area contributed by atoms with Gasteiger partial charge >= 0.3 is 0 Å². The quantitative estimate of drug-likeness (QED) is 0.784. The molecule has 2 aromatic rings. The largest absolute Gasteiger partial charge is 0.300 e. The maximum absolute atomic E-state index is 4.69. The molecule has 3 heterocycles. The van der Waals surface area contributed by atoms with Crippen LogP contribution >= 0.6 is 0 Å². The number of piperazine rings is 1. The van der Waals surface area contributed by atoms with Crippen LogP contribution in [0.1, 0.15) is 29.4 Å². The van der Waals surface area contributed by atoms with Gasteiger partial charge in [0, 0.05) is 64.6 Å². The van der Waals surface area contributed by atoms with E-state index in [0.29, 0.717) is 6.04 Å². The lowest BCUT2D eigenvalue weighted by Crippen LogP contribution is -2.47. The highest BCUT2D eigenvalue weighted by atomic mass is 15.3. The van der Waals surface area contributed by atoms with Gasteiger partial charge in [0.25, 0.3) is 0 Å². The van der Waals surface area contributed by atoms with Gasteiger partial charge < -0.3 is 0 Å². The van der Waals surface area contributed by atoms with E-state index in [-0.39, 0.29) is 0 Å². The molecule has 1 atom stereocenters. The Labute approximate surface area is 163 Å². The Bertz CT molecular complexity index is 718. The first-order chi connectivity index (χ1) is 13.2. The standard InChI is InChI=1S/C22H33N5/c1-19-16-20(2)27(23-19)22-8-9-25(18-22)13-10-24-11-14-26(15-12-24)17-21-6-4-3-5-7-21/h3-7,16,22H,8-15,17-18H2,1-2H3/t22-/m1/s1. The Hall–Kier alpha value is -1.69. The van der Waals surface area contributed by atoms with Crippen LogP contribution in [-0.2, 0) is 6.54 Å². The zero-order valence-corrected chi connectivity index (χ0v) is 16.8. The summed E-state index contributed by atoms with van der Waals surface area (Å²) < 4.78 is 2.25. The summed E-state index contributed by atoms with van der Waals surface area (Å²) in [6.45, 7) is 14.9. The Morgan fingerprint density at radius 3 is 2.30 bits per heavy atom. The van der Waals surface area contributed by atoms with Crippen molar-refractivity contribution in [2.45, 2.75) is 32.9 Å². The predicted molar refractivity (Wildman–Crippen MR) is 110 cm³/mol. The molecule has 1 aromatic carbocycles. The maximum atomic E-state index is 4.69. The van der Waals surface area contributed by atoms with Gasteiger partial charge in [0.05, 0.1) is 11.7 Å². The number of nitrogens with zero attached hydrogens (tertiary/aromatic N) is 5. The molecule has 2 aliphatic heterocycles. The van der Waals surface area contributed by atoms with Crippen molar-refractivity contribution in [2.75, 3.05) is 52.4 Å². The van der Waals surface area contributed by atoms with Crippen molar-refractivity contribution >= 4 is 0 Å². The summed E-state index contributed by atoms with van der Waals surface area (Å²) in [6.07, 6.45) is 1.23. The molecule has 2 fully saturated rings. The van der Waals surface area contributed by atoms with E-state index in [4.69, 9.17) is 5.10 Å². The molecule has 1 aromatic heterocycles. The molecule has 5 nitrogen and oxygen atoms in total. The van der Waals surface area contributed by atoms with Gasteiger partial charge in [-0.1, -0.05) is 30.3 Å². The van der Waals surface area contributed by atoms with Crippen molar-refractivity contribution in [1.29, 1.82) is 0 Å². The maximum Gasteiger partial charge on any atom is 0.0661 e. The third-order valence-corrected chi connectivity index (χ3v) is 6.08. The van der Waals surface area contributed by atoms with Gasteiger partial charge in [0.1, 0.15) is 0 Å². The van der Waals surface area contributed by atoms with E-state index in [9.17, 15) is 0 Å². The first-order valence-corrected chi connectivity index (χ1v) is 10.4. The summed E-state index contributed by atoms with van der Waals surface area (Å²) in [4.78, 5) is 7.84. The average molecular weight is 368 g/mol. The molecule has 0 spiro atoms. The van der Waals surface area contributed by atoms with Crippen LogP contribution in [0.5, 0.6) is 0 Å². The normalized spacial score (nSPS) is 22.5. The highest BCUT2D eigenvalue weighted by molar-refractivity contribution is 5.14. The minimum atomic E-state index is 0.557. The second-order valence-corrected chi connectivity index (χ2v) is 8.22. The van der Waals surface area contributed by atoms with E-state index < -0.39 is 0 Å². The minimum Gasteiger partial charge on any atom is -0.300 e. The van der Waals surface area contributed by atoms with Crippen LogP contribution in [0.3, 0.4) is 0 Å². The fourth-order valence-corrected chi connectivity index (χ4v) is 4.53. The number of benzene rings is 1. The van der Waals surface area contributed by atoms with Gasteiger partial charge in [-0.25, -0.2) is 0 Å². The molecular formula is C22H33N5. The van der Waals surface area contributed by atoms with Crippen LogP contribution in [0.15, 0.2) is 36.4 Å². The topological polar surface area (TPSA) is 27.5 Å². The van der Waals surface area contributed by atoms with Crippen molar-refractivity contribution in [3.63, 3.8) is 0 Å². The second-order valence-electron chi connectivity index (χ2n) is 8.22. The average Bonchev–Trinajstić information content (AvgIpc) is 3.28. The Morgan fingerprint density at radius 1 is 0.889 bits per heavy atom. The fraction of sp³-hybridized carbons (Fsp3) is 0.591. The van der Waals surface area contributed by atoms with Gasteiger partial charge in [-0.3, -0.25) is 19.4 Å². The lowest BCUT2D eigenvalue weighted by atomic mass is 10.2. The molecular weight excluding hydrogens is 334 g/mol. The Kier molecular flexibility index (Phi) is 5.91. The molecule has 0 radical (unpaired) electrons. The summed E-state index contributed by atoms with van der Waals surface area (Å²) in [5.41, 5.74) is 3.87. The smallest absolute Gasteiger partial charge is 0.0661 e. The number of likely N-dealkylation sites (tertiary alicyclic amines) is 1. The summed E-state index contributed by atoms with van der Waals surface area (Å²) in [7, 11) is 0. The lowest BCUT2D eigenvalue weighted by molar-refractivity contribution is 0.117. The molecule has 0 N–H and O–H groups in total. The first kappa shape index (κ1) is 18.7. The highest BCUT2D eigenvalue weighted by Gasteiger charge is 2.26. The van der Waals surface area contributed by atoms with Gasteiger partial charge in [0.15, 0.2) is 0 Å². The summed E-state index contributed by atoms with van der Waals surface area (Å²) >= 11 is 0. The van der Waals surface area contributed by atoms with Crippen LogP contribution in [0.2, 0.25) is 0 Å². The monoisotopic (exact) mass is 367 g/mol. The number of rotatable bonds is 6. The van der Waals surface area contributed by atoms with E-state index in [1.807, 2.05) is 0 Å². The van der Waals surface area contributed by atoms with Crippen molar-refractivity contribution < 1.29 is 0 Å². The molecule has 2 aliphatic rings. The molecule has 0 unspecified atom stereocenters. The predicted octanol–water partition coefficient (Wildman–Crippen LogP) is 2.56. The Balaban J connectivity index is 1.18. The molecule has 2 saturated heterocycles. The zero-order valence-electron chi connectivity index (χ0n) is 16.8. The molecule has 0 saturated carbocycles. The number of aromatic nitrogens is 2. The third-order valence-electron chi connectivity index (χ3n) is 6.08. The Morgan fingerprint density at radius 2 is 1.59 bits per heavy atom. The van der Waals surface area contributed by atoms with Gasteiger partial charge in [-0.2, -0.15) is 5.10 Å². The van der Waals surface area contributed by atoms with Gasteiger partial charge in [-0.15, -0.1) is 0 Å². The van der Waals surface area contributed by atoms with Crippen LogP contribution in [0, 0.1) is 13.8 Å². The van der Waals surface area contributed by atoms with Gasteiger partial charge in [-0.05, 0) is 31.9 Å². The summed E-state index contributed by atoms with van der Waals surface area (Å²) in [5, 5.41) is 4.69. The van der Waals surface area contributed by atoms with Crippen molar-refractivity contribution in [2.24, 2.45) is 0 Å². The van der Waals surface area contributed by atoms with Crippen molar-refractivity contribution in [1.82, 2.24) is 24.5 Å². The van der Waals surface area contributed by atoms with Crippen LogP contribution in [-0.4, -0.2) is 76.8 Å². The van der Waals surface area contributed by atoms with Crippen molar-refractivity contribution in [3.8, 4) is 0 Å². The minimum absolute atomic E-state index is 0.557. The summed E-state index contributed by atoms with van der Waals surface area (Å²) in [6, 6.07) is 13.6. The molecule has 0 amide bonds. The van der Waals surface area contributed by atoms with E-state index in [1.54, 1.807) is 0 Å². The molecule has 5 heteroatoms. The lowest BCUT2D eigenvalue weighted by Gasteiger charge is -2.35. The van der Waals surface area contributed by atoms with E-state index in [0.717, 1.165) is 18.8 Å². The SMILES string of the molecule is Cc1cc(C)n([C@@H]2CCN(CCN3CCN(Cc4ccccc4)CC3)C2)n1. The number of aryl methyl sites for hydroxylation is 2. The van der Waals surface area contributed by atoms with E-state index >= 15 is 0 Å². The molecule has 0 bridgehead atoms. The van der Waals surface area contributed by atoms with E-state index in [2.05, 4.69) is 69.6 Å². The molecule has 27 heavy (non-hydrogen) atoms. The highest BCUT2D eigenvalue weighted by Crippen LogP contribution is 2.22. The van der Waals surface area contributed by atoms with E-state index in [1.165, 1.54) is 63.5 Å².